The normalized spacial score (nSPS) is 23.5. The van der Waals surface area contributed by atoms with Crippen molar-refractivity contribution < 1.29 is 0 Å². The van der Waals surface area contributed by atoms with Gasteiger partial charge in [-0.05, 0) is 39.0 Å². The van der Waals surface area contributed by atoms with E-state index in [0.717, 1.165) is 5.92 Å². The first-order valence-electron chi connectivity index (χ1n) is 4.01. The summed E-state index contributed by atoms with van der Waals surface area (Å²) in [6.45, 7) is 8.33. The van der Waals surface area contributed by atoms with Crippen molar-refractivity contribution in [2.75, 3.05) is 0 Å². The third-order valence-corrected chi connectivity index (χ3v) is 2.33. The summed E-state index contributed by atoms with van der Waals surface area (Å²) in [7, 11) is 0. The van der Waals surface area contributed by atoms with Gasteiger partial charge in [0.1, 0.15) is 0 Å². The topological polar surface area (TPSA) is 0 Å². The van der Waals surface area contributed by atoms with Crippen molar-refractivity contribution in [3.05, 3.63) is 23.8 Å². The fraction of sp³-hybridized carbons (Fsp3) is 0.600. The molecule has 0 N–H and O–H groups in total. The molecule has 0 saturated heterocycles. The molecule has 64 valence electrons. The first-order valence-corrected chi connectivity index (χ1v) is 4.01. The monoisotopic (exact) mass is 170 g/mol. The van der Waals surface area contributed by atoms with Gasteiger partial charge in [0, 0.05) is 0 Å². The lowest BCUT2D eigenvalue weighted by molar-refractivity contribution is 0.540. The van der Waals surface area contributed by atoms with Crippen molar-refractivity contribution in [1.82, 2.24) is 0 Å². The summed E-state index contributed by atoms with van der Waals surface area (Å²) in [6, 6.07) is 0. The van der Waals surface area contributed by atoms with Gasteiger partial charge in [-0.25, -0.2) is 0 Å². The molecule has 0 saturated carbocycles. The van der Waals surface area contributed by atoms with Crippen molar-refractivity contribution in [2.45, 2.75) is 33.1 Å². The van der Waals surface area contributed by atoms with E-state index in [-0.39, 0.29) is 13.5 Å². The van der Waals surface area contributed by atoms with Crippen LogP contribution >= 0.6 is 13.5 Å². The summed E-state index contributed by atoms with van der Waals surface area (Å²) in [6.07, 6.45) is 6.17. The molecule has 1 aliphatic carbocycles. The van der Waals surface area contributed by atoms with E-state index in [0.29, 0.717) is 0 Å². The summed E-state index contributed by atoms with van der Waals surface area (Å²) < 4.78 is 0. The largest absolute Gasteiger partial charge is 0.197 e. The molecule has 0 heterocycles. The minimum atomic E-state index is 0. The van der Waals surface area contributed by atoms with Crippen LogP contribution in [0.4, 0.5) is 0 Å². The number of hydrogen-bond donors (Lipinski definition) is 0. The molecule has 0 aromatic rings. The Hall–Kier alpha value is -0.170. The van der Waals surface area contributed by atoms with Crippen LogP contribution in [0.5, 0.6) is 0 Å². The summed E-state index contributed by atoms with van der Waals surface area (Å²) in [5.74, 6) is 0.767. The maximum Gasteiger partial charge on any atom is -0.0171 e. The summed E-state index contributed by atoms with van der Waals surface area (Å²) in [5.41, 5.74) is 2.90. The van der Waals surface area contributed by atoms with Gasteiger partial charge in [-0.15, -0.1) is 0 Å². The van der Waals surface area contributed by atoms with Crippen molar-refractivity contribution >= 4 is 13.5 Å². The number of allylic oxidation sites excluding steroid dienone is 3. The molecule has 0 fully saturated rings. The maximum absolute atomic E-state index is 3.97. The Labute approximate surface area is 76.8 Å². The first-order chi connectivity index (χ1) is 4.70. The number of rotatable bonds is 1. The van der Waals surface area contributed by atoms with Crippen molar-refractivity contribution in [3.63, 3.8) is 0 Å². The second kappa shape index (κ2) is 4.66. The van der Waals surface area contributed by atoms with Gasteiger partial charge in [0.05, 0.1) is 0 Å². The molecule has 0 spiro atoms. The molecule has 1 aliphatic rings. The minimum absolute atomic E-state index is 0. The smallest absolute Gasteiger partial charge is 0.0171 e. The van der Waals surface area contributed by atoms with E-state index in [1.165, 1.54) is 24.8 Å². The van der Waals surface area contributed by atoms with Crippen LogP contribution in [0, 0.1) is 5.92 Å². The molecule has 0 nitrogen and oxygen atoms in total. The van der Waals surface area contributed by atoms with E-state index >= 15 is 0 Å². The maximum atomic E-state index is 3.97. The summed E-state index contributed by atoms with van der Waals surface area (Å²) in [5, 5.41) is 0. The predicted octanol–water partition coefficient (Wildman–Crippen LogP) is 3.42. The van der Waals surface area contributed by atoms with E-state index in [1.807, 2.05) is 0 Å². The molecule has 0 radical (unpaired) electrons. The molecule has 0 bridgehead atoms. The molecule has 1 heteroatoms. The van der Waals surface area contributed by atoms with Crippen LogP contribution in [-0.4, -0.2) is 0 Å². The fourth-order valence-corrected chi connectivity index (χ4v) is 1.41. The summed E-state index contributed by atoms with van der Waals surface area (Å²) >= 11 is 0. The fourth-order valence-electron chi connectivity index (χ4n) is 1.41. The zero-order valence-electron chi connectivity index (χ0n) is 7.48. The molecule has 1 atom stereocenters. The zero-order valence-corrected chi connectivity index (χ0v) is 8.48. The lowest BCUT2D eigenvalue weighted by Crippen LogP contribution is -2.04. The highest BCUT2D eigenvalue weighted by molar-refractivity contribution is 7.59. The van der Waals surface area contributed by atoms with E-state index in [1.54, 1.807) is 5.57 Å². The molecule has 11 heavy (non-hydrogen) atoms. The molecule has 1 unspecified atom stereocenters. The molecule has 1 rings (SSSR count). The van der Waals surface area contributed by atoms with E-state index in [2.05, 4.69) is 26.5 Å². The van der Waals surface area contributed by atoms with E-state index in [4.69, 9.17) is 0 Å². The Morgan fingerprint density at radius 3 is 2.64 bits per heavy atom. The van der Waals surface area contributed by atoms with Crippen LogP contribution in [0.3, 0.4) is 0 Å². The first kappa shape index (κ1) is 10.8. The lowest BCUT2D eigenvalue weighted by atomic mass is 9.86. The van der Waals surface area contributed by atoms with E-state index in [9.17, 15) is 0 Å². The van der Waals surface area contributed by atoms with E-state index < -0.39 is 0 Å². The second-order valence-corrected chi connectivity index (χ2v) is 3.37. The third-order valence-electron chi connectivity index (χ3n) is 2.33. The van der Waals surface area contributed by atoms with Crippen LogP contribution in [-0.2, 0) is 0 Å². The van der Waals surface area contributed by atoms with Crippen LogP contribution in [0.2, 0.25) is 0 Å². The Balaban J connectivity index is 0.000001000. The zero-order chi connectivity index (χ0) is 7.56. The SMILES string of the molecule is C=C(C)C1CC=C(C)CC1.S. The number of hydrogen-bond acceptors (Lipinski definition) is 0. The highest BCUT2D eigenvalue weighted by Crippen LogP contribution is 2.27. The highest BCUT2D eigenvalue weighted by atomic mass is 32.1. The third kappa shape index (κ3) is 3.15. The molecular weight excluding hydrogens is 152 g/mol. The van der Waals surface area contributed by atoms with Crippen LogP contribution in [0.15, 0.2) is 23.8 Å². The molecule has 0 aliphatic heterocycles. The molecule has 0 amide bonds. The standard InChI is InChI=1S/C10H16.H2S/c1-8(2)10-6-4-9(3)5-7-10;/h4,10H,1,5-7H2,2-3H3;1H2. The van der Waals surface area contributed by atoms with Gasteiger partial charge in [-0.3, -0.25) is 0 Å². The van der Waals surface area contributed by atoms with Gasteiger partial charge in [0.2, 0.25) is 0 Å². The van der Waals surface area contributed by atoms with Gasteiger partial charge >= 0.3 is 0 Å². The predicted molar refractivity (Wildman–Crippen MR) is 56.3 cm³/mol. The molecular formula is C10H18S. The highest BCUT2D eigenvalue weighted by Gasteiger charge is 2.11. The molecule has 0 aromatic heterocycles. The Morgan fingerprint density at radius 1 is 1.64 bits per heavy atom. The van der Waals surface area contributed by atoms with Crippen molar-refractivity contribution in [1.29, 1.82) is 0 Å². The molecule has 0 aromatic carbocycles. The van der Waals surface area contributed by atoms with Crippen molar-refractivity contribution in [3.8, 4) is 0 Å². The van der Waals surface area contributed by atoms with Crippen LogP contribution in [0.1, 0.15) is 33.1 Å². The summed E-state index contributed by atoms with van der Waals surface area (Å²) in [4.78, 5) is 0. The van der Waals surface area contributed by atoms with Gasteiger partial charge in [-0.2, -0.15) is 13.5 Å². The van der Waals surface area contributed by atoms with Crippen LogP contribution < -0.4 is 0 Å². The average Bonchev–Trinajstić information content (AvgIpc) is 1.88. The average molecular weight is 170 g/mol. The Morgan fingerprint density at radius 2 is 2.27 bits per heavy atom. The van der Waals surface area contributed by atoms with Gasteiger partial charge < -0.3 is 0 Å². The second-order valence-electron chi connectivity index (χ2n) is 3.37. The Kier molecular flexibility index (Phi) is 4.58. The van der Waals surface area contributed by atoms with Gasteiger partial charge in [0.25, 0.3) is 0 Å². The van der Waals surface area contributed by atoms with Gasteiger partial charge in [0.15, 0.2) is 0 Å². The lowest BCUT2D eigenvalue weighted by Gasteiger charge is -2.19. The quantitative estimate of drug-likeness (QED) is 0.529. The Bertz CT molecular complexity index is 168. The van der Waals surface area contributed by atoms with Crippen molar-refractivity contribution in [2.24, 2.45) is 5.92 Å². The minimum Gasteiger partial charge on any atom is -0.197 e. The van der Waals surface area contributed by atoms with Gasteiger partial charge in [-0.1, -0.05) is 23.8 Å². The van der Waals surface area contributed by atoms with Crippen LogP contribution in [0.25, 0.3) is 0 Å².